The van der Waals surface area contributed by atoms with E-state index in [-0.39, 0.29) is 11.5 Å². The van der Waals surface area contributed by atoms with Gasteiger partial charge in [-0.1, -0.05) is 113 Å². The van der Waals surface area contributed by atoms with Crippen LogP contribution in [0.3, 0.4) is 0 Å². The number of benzene rings is 4. The van der Waals surface area contributed by atoms with Crippen LogP contribution in [0.2, 0.25) is 0 Å². The lowest BCUT2D eigenvalue weighted by Gasteiger charge is -2.40. The van der Waals surface area contributed by atoms with Gasteiger partial charge in [-0.2, -0.15) is 8.97 Å². The Bertz CT molecular complexity index is 2630. The Balaban J connectivity index is 1.39. The Hall–Kier alpha value is -5.28. The minimum Gasteiger partial charge on any atom is -0.455 e. The van der Waals surface area contributed by atoms with E-state index >= 15 is 0 Å². The van der Waals surface area contributed by atoms with Crippen LogP contribution in [0.5, 0.6) is 0 Å². The zero-order valence-electron chi connectivity index (χ0n) is 31.1. The maximum Gasteiger partial charge on any atom is 0.222 e. The van der Waals surface area contributed by atoms with Crippen molar-refractivity contribution in [3.05, 3.63) is 150 Å². The normalized spacial score (nSPS) is 15.7. The molecule has 4 aromatic heterocycles. The van der Waals surface area contributed by atoms with Gasteiger partial charge in [-0.15, -0.1) is 0 Å². The lowest BCUT2D eigenvalue weighted by molar-refractivity contribution is -0.761. The first-order chi connectivity index (χ1) is 25.5. The zero-order valence-corrected chi connectivity index (χ0v) is 31.1. The van der Waals surface area contributed by atoms with Gasteiger partial charge in [0.05, 0.1) is 16.9 Å². The van der Waals surface area contributed by atoms with Crippen LogP contribution < -0.4 is 8.97 Å². The molecule has 8 aromatic rings. The van der Waals surface area contributed by atoms with E-state index in [1.54, 1.807) is 0 Å². The van der Waals surface area contributed by atoms with E-state index in [1.165, 1.54) is 85.6 Å². The van der Waals surface area contributed by atoms with Crippen molar-refractivity contribution in [2.24, 2.45) is 0 Å². The van der Waals surface area contributed by atoms with Crippen molar-refractivity contribution in [1.29, 1.82) is 0 Å². The molecule has 3 heteroatoms. The Labute approximate surface area is 307 Å². The van der Waals surface area contributed by atoms with Crippen LogP contribution >= 0.6 is 0 Å². The molecule has 0 N–H and O–H groups in total. The fraction of sp³-hybridized carbons (Fsp3) is 0.265. The molecule has 0 fully saturated rings. The van der Waals surface area contributed by atoms with Crippen molar-refractivity contribution in [3.63, 3.8) is 0 Å². The molecule has 0 amide bonds. The second-order valence-electron chi connectivity index (χ2n) is 15.2. The molecule has 2 atom stereocenters. The van der Waals surface area contributed by atoms with E-state index in [0.717, 1.165) is 29.4 Å². The summed E-state index contributed by atoms with van der Waals surface area (Å²) in [5, 5.41) is 4.78. The third-order valence-electron chi connectivity index (χ3n) is 12.3. The second kappa shape index (κ2) is 12.7. The standard InChI is InChI=1S/C49H48N2O/c1-6-9-17-33(5)40-28-44-35-20-13-14-22-38(35)47(49(7-2,8-3)51(44)31-41(40)34-18-11-10-12-19-34)42-30-50-29-32(4)24-27-43(50)46-37(42)25-26-39-36-21-15-16-23-45(36)52-48(39)46/h10-16,18-31,33,47H,6-9,17H2,1-5H3/q+2. The number of fused-ring (bicyclic) bond motifs is 10. The molecule has 0 spiro atoms. The monoisotopic (exact) mass is 680 g/mol. The molecule has 4 aromatic carbocycles. The number of para-hydroxylation sites is 1. The van der Waals surface area contributed by atoms with Crippen molar-refractivity contribution in [2.45, 2.75) is 84.1 Å². The summed E-state index contributed by atoms with van der Waals surface area (Å²) in [6, 6.07) is 40.5. The van der Waals surface area contributed by atoms with Gasteiger partial charge in [-0.05, 0) is 60.2 Å². The van der Waals surface area contributed by atoms with Gasteiger partial charge in [0.15, 0.2) is 24.1 Å². The van der Waals surface area contributed by atoms with Crippen LogP contribution in [0, 0.1) is 6.92 Å². The van der Waals surface area contributed by atoms with E-state index in [1.807, 2.05) is 0 Å². The maximum atomic E-state index is 6.79. The van der Waals surface area contributed by atoms with Crippen molar-refractivity contribution >= 4 is 38.2 Å². The number of pyridine rings is 3. The topological polar surface area (TPSA) is 21.1 Å². The predicted molar refractivity (Wildman–Crippen MR) is 215 cm³/mol. The van der Waals surface area contributed by atoms with Crippen molar-refractivity contribution < 1.29 is 13.4 Å². The fourth-order valence-electron chi connectivity index (χ4n) is 9.62. The van der Waals surface area contributed by atoms with Crippen LogP contribution in [-0.2, 0) is 5.54 Å². The predicted octanol–water partition coefficient (Wildman–Crippen LogP) is 12.4. The van der Waals surface area contributed by atoms with Gasteiger partial charge in [0.2, 0.25) is 11.2 Å². The third kappa shape index (κ3) is 4.85. The van der Waals surface area contributed by atoms with Crippen LogP contribution in [0.15, 0.2) is 132 Å². The summed E-state index contributed by atoms with van der Waals surface area (Å²) in [6.45, 7) is 11.7. The minimum absolute atomic E-state index is 0.102. The number of hydrogen-bond donors (Lipinski definition) is 0. The van der Waals surface area contributed by atoms with Gasteiger partial charge in [0.25, 0.3) is 0 Å². The number of unbranched alkanes of at least 4 members (excludes halogenated alkanes) is 1. The average molecular weight is 681 g/mol. The minimum atomic E-state index is -0.216. The highest BCUT2D eigenvalue weighted by molar-refractivity contribution is 6.19. The fourth-order valence-corrected chi connectivity index (χ4v) is 9.62. The SMILES string of the molecule is CCCCC(C)c1cc2[n+](cc1-c1ccccc1)C(CC)(CC)C(c1c[n+]3cc(C)ccc3c3c1ccc1c4ccccc4oc13)c1ccccc1-2. The van der Waals surface area contributed by atoms with Gasteiger partial charge in [0.1, 0.15) is 11.2 Å². The van der Waals surface area contributed by atoms with Gasteiger partial charge < -0.3 is 4.42 Å². The van der Waals surface area contributed by atoms with Crippen molar-refractivity contribution in [2.75, 3.05) is 0 Å². The number of aryl methyl sites for hydroxylation is 1. The molecule has 1 aliphatic rings. The van der Waals surface area contributed by atoms with Gasteiger partial charge >= 0.3 is 0 Å². The smallest absolute Gasteiger partial charge is 0.222 e. The molecule has 0 radical (unpaired) electrons. The van der Waals surface area contributed by atoms with Crippen molar-refractivity contribution in [1.82, 2.24) is 0 Å². The van der Waals surface area contributed by atoms with E-state index in [4.69, 9.17) is 4.42 Å². The maximum absolute atomic E-state index is 6.79. The lowest BCUT2D eigenvalue weighted by Crippen LogP contribution is -2.62. The Kier molecular flexibility index (Phi) is 7.99. The quantitative estimate of drug-likeness (QED) is 0.116. The largest absolute Gasteiger partial charge is 0.455 e. The lowest BCUT2D eigenvalue weighted by atomic mass is 9.66. The van der Waals surface area contributed by atoms with E-state index in [2.05, 4.69) is 171 Å². The first-order valence-corrected chi connectivity index (χ1v) is 19.4. The summed E-state index contributed by atoms with van der Waals surface area (Å²) in [5.41, 5.74) is 13.6. The molecule has 0 saturated heterocycles. The molecular formula is C49H48N2O+2. The molecule has 52 heavy (non-hydrogen) atoms. The highest BCUT2D eigenvalue weighted by atomic mass is 16.3. The van der Waals surface area contributed by atoms with Gasteiger partial charge in [-0.3, -0.25) is 0 Å². The molecule has 3 nitrogen and oxygen atoms in total. The van der Waals surface area contributed by atoms with Gasteiger partial charge in [0, 0.05) is 57.8 Å². The number of nitrogens with zero attached hydrogens (tertiary/aromatic N) is 2. The van der Waals surface area contributed by atoms with Crippen LogP contribution in [0.4, 0.5) is 0 Å². The summed E-state index contributed by atoms with van der Waals surface area (Å²) in [5.74, 6) is 0.559. The second-order valence-corrected chi connectivity index (χ2v) is 15.2. The Morgan fingerprint density at radius 3 is 2.27 bits per heavy atom. The molecule has 0 bridgehead atoms. The molecule has 2 unspecified atom stereocenters. The molecular weight excluding hydrogens is 633 g/mol. The van der Waals surface area contributed by atoms with Crippen LogP contribution in [-0.4, -0.2) is 0 Å². The number of furan rings is 1. The average Bonchev–Trinajstić information content (AvgIpc) is 3.58. The van der Waals surface area contributed by atoms with Crippen LogP contribution in [0.25, 0.3) is 60.6 Å². The summed E-state index contributed by atoms with van der Waals surface area (Å²) >= 11 is 0. The molecule has 0 saturated carbocycles. The summed E-state index contributed by atoms with van der Waals surface area (Å²) in [7, 11) is 0. The Morgan fingerprint density at radius 2 is 1.46 bits per heavy atom. The number of hydrogen-bond acceptors (Lipinski definition) is 1. The molecule has 9 rings (SSSR count). The summed E-state index contributed by atoms with van der Waals surface area (Å²) in [4.78, 5) is 0. The summed E-state index contributed by atoms with van der Waals surface area (Å²) < 4.78 is 11.9. The Morgan fingerprint density at radius 1 is 0.712 bits per heavy atom. The van der Waals surface area contributed by atoms with E-state index in [0.29, 0.717) is 5.92 Å². The molecule has 0 aliphatic carbocycles. The number of aromatic nitrogens is 2. The molecule has 258 valence electrons. The molecule has 1 aliphatic heterocycles. The highest BCUT2D eigenvalue weighted by Crippen LogP contribution is 2.51. The van der Waals surface area contributed by atoms with E-state index < -0.39 is 0 Å². The molecule has 5 heterocycles. The summed E-state index contributed by atoms with van der Waals surface area (Å²) in [6.07, 6.45) is 12.9. The van der Waals surface area contributed by atoms with Crippen LogP contribution in [0.1, 0.15) is 93.9 Å². The van der Waals surface area contributed by atoms with E-state index in [9.17, 15) is 0 Å². The first kappa shape index (κ1) is 32.6. The zero-order chi connectivity index (χ0) is 35.6. The third-order valence-corrected chi connectivity index (χ3v) is 12.3. The number of rotatable bonds is 8. The highest BCUT2D eigenvalue weighted by Gasteiger charge is 2.53. The first-order valence-electron chi connectivity index (χ1n) is 19.4. The van der Waals surface area contributed by atoms with Gasteiger partial charge in [-0.25, -0.2) is 0 Å². The van der Waals surface area contributed by atoms with Crippen molar-refractivity contribution in [3.8, 4) is 22.4 Å².